The summed E-state index contributed by atoms with van der Waals surface area (Å²) < 4.78 is 0. The molecule has 1 rings (SSSR count). The number of aliphatic hydroxyl groups excluding tert-OH is 1. The van der Waals surface area contributed by atoms with Crippen LogP contribution in [0.2, 0.25) is 0 Å². The molecule has 4 N–H and O–H groups in total. The van der Waals surface area contributed by atoms with Crippen LogP contribution in [0.1, 0.15) is 46.0 Å². The lowest BCUT2D eigenvalue weighted by molar-refractivity contribution is -0.128. The monoisotopic (exact) mass is 228 g/mol. The summed E-state index contributed by atoms with van der Waals surface area (Å²) in [5.74, 6) is 0.409. The molecule has 0 spiro atoms. The average molecular weight is 228 g/mol. The molecular formula is C12H24N2O2. The Balaban J connectivity index is 2.45. The van der Waals surface area contributed by atoms with E-state index in [4.69, 9.17) is 5.73 Å². The summed E-state index contributed by atoms with van der Waals surface area (Å²) >= 11 is 0. The van der Waals surface area contributed by atoms with Crippen molar-refractivity contribution >= 4 is 5.91 Å². The standard InChI is InChI=1S/C12H24N2O2/c1-3-10(15)8-14-11(16)12(13)6-4-5-9(2)7-12/h9-10,15H,3-8,13H2,1-2H3,(H,14,16). The lowest BCUT2D eigenvalue weighted by atomic mass is 9.76. The second-order valence-corrected chi connectivity index (χ2v) is 5.13. The van der Waals surface area contributed by atoms with E-state index in [1.54, 1.807) is 0 Å². The average Bonchev–Trinajstić information content (AvgIpc) is 2.24. The van der Waals surface area contributed by atoms with Gasteiger partial charge in [-0.3, -0.25) is 4.79 Å². The molecule has 0 saturated heterocycles. The van der Waals surface area contributed by atoms with Crippen molar-refractivity contribution < 1.29 is 9.90 Å². The molecule has 4 nitrogen and oxygen atoms in total. The third-order valence-electron chi connectivity index (χ3n) is 3.45. The topological polar surface area (TPSA) is 75.3 Å². The minimum Gasteiger partial charge on any atom is -0.391 e. The molecule has 3 unspecified atom stereocenters. The molecule has 1 aliphatic carbocycles. The zero-order valence-corrected chi connectivity index (χ0v) is 10.3. The van der Waals surface area contributed by atoms with E-state index in [1.165, 1.54) is 0 Å². The van der Waals surface area contributed by atoms with Crippen LogP contribution in [0.25, 0.3) is 0 Å². The van der Waals surface area contributed by atoms with Gasteiger partial charge in [-0.25, -0.2) is 0 Å². The Morgan fingerprint density at radius 1 is 1.69 bits per heavy atom. The first-order chi connectivity index (χ1) is 7.48. The van der Waals surface area contributed by atoms with Crippen LogP contribution in [0.5, 0.6) is 0 Å². The molecule has 1 aliphatic rings. The van der Waals surface area contributed by atoms with E-state index in [0.717, 1.165) is 25.7 Å². The maximum atomic E-state index is 11.9. The highest BCUT2D eigenvalue weighted by molar-refractivity contribution is 5.86. The quantitative estimate of drug-likeness (QED) is 0.665. The number of carbonyl (C=O) groups is 1. The minimum absolute atomic E-state index is 0.105. The van der Waals surface area contributed by atoms with E-state index in [1.807, 2.05) is 6.92 Å². The van der Waals surface area contributed by atoms with Crippen molar-refractivity contribution in [3.8, 4) is 0 Å². The van der Waals surface area contributed by atoms with Gasteiger partial charge in [0.2, 0.25) is 5.91 Å². The van der Waals surface area contributed by atoms with Gasteiger partial charge < -0.3 is 16.2 Å². The molecular weight excluding hydrogens is 204 g/mol. The number of rotatable bonds is 4. The summed E-state index contributed by atoms with van der Waals surface area (Å²) in [7, 11) is 0. The predicted octanol–water partition coefficient (Wildman–Crippen LogP) is 0.781. The van der Waals surface area contributed by atoms with Crippen LogP contribution in [0.4, 0.5) is 0 Å². The molecule has 0 heterocycles. The van der Waals surface area contributed by atoms with Gasteiger partial charge in [-0.2, -0.15) is 0 Å². The number of nitrogens with two attached hydrogens (primary N) is 1. The summed E-state index contributed by atoms with van der Waals surface area (Å²) in [6, 6.07) is 0. The van der Waals surface area contributed by atoms with Crippen LogP contribution in [0.15, 0.2) is 0 Å². The normalized spacial score (nSPS) is 32.1. The maximum Gasteiger partial charge on any atom is 0.240 e. The molecule has 0 aromatic carbocycles. The zero-order valence-electron chi connectivity index (χ0n) is 10.3. The number of amides is 1. The Labute approximate surface area is 97.6 Å². The lowest BCUT2D eigenvalue weighted by Gasteiger charge is -2.35. The van der Waals surface area contributed by atoms with E-state index in [-0.39, 0.29) is 5.91 Å². The predicted molar refractivity (Wildman–Crippen MR) is 63.9 cm³/mol. The molecule has 0 bridgehead atoms. The van der Waals surface area contributed by atoms with Crippen LogP contribution in [-0.2, 0) is 4.79 Å². The molecule has 0 aromatic rings. The second-order valence-electron chi connectivity index (χ2n) is 5.13. The lowest BCUT2D eigenvalue weighted by Crippen LogP contribution is -2.57. The van der Waals surface area contributed by atoms with Gasteiger partial charge in [0, 0.05) is 6.54 Å². The molecule has 4 heteroatoms. The van der Waals surface area contributed by atoms with Gasteiger partial charge in [0.15, 0.2) is 0 Å². The highest BCUT2D eigenvalue weighted by Crippen LogP contribution is 2.30. The van der Waals surface area contributed by atoms with Crippen LogP contribution < -0.4 is 11.1 Å². The van der Waals surface area contributed by atoms with Gasteiger partial charge in [0.1, 0.15) is 0 Å². The molecule has 16 heavy (non-hydrogen) atoms. The Kier molecular flexibility index (Phi) is 4.74. The van der Waals surface area contributed by atoms with Gasteiger partial charge in [-0.15, -0.1) is 0 Å². The Morgan fingerprint density at radius 2 is 2.38 bits per heavy atom. The fourth-order valence-corrected chi connectivity index (χ4v) is 2.33. The van der Waals surface area contributed by atoms with Crippen molar-refractivity contribution in [2.75, 3.05) is 6.54 Å². The third kappa shape index (κ3) is 3.46. The van der Waals surface area contributed by atoms with Crippen LogP contribution in [0, 0.1) is 5.92 Å². The third-order valence-corrected chi connectivity index (χ3v) is 3.45. The van der Waals surface area contributed by atoms with Gasteiger partial charge in [0.25, 0.3) is 0 Å². The highest BCUT2D eigenvalue weighted by Gasteiger charge is 2.37. The molecule has 0 aliphatic heterocycles. The summed E-state index contributed by atoms with van der Waals surface area (Å²) in [4.78, 5) is 11.9. The van der Waals surface area contributed by atoms with Gasteiger partial charge >= 0.3 is 0 Å². The summed E-state index contributed by atoms with van der Waals surface area (Å²) in [5, 5.41) is 12.1. The highest BCUT2D eigenvalue weighted by atomic mass is 16.3. The first-order valence-corrected chi connectivity index (χ1v) is 6.23. The number of aliphatic hydroxyl groups is 1. The van der Waals surface area contributed by atoms with E-state index in [9.17, 15) is 9.90 Å². The number of carbonyl (C=O) groups excluding carboxylic acids is 1. The van der Waals surface area contributed by atoms with Crippen molar-refractivity contribution in [1.29, 1.82) is 0 Å². The fraction of sp³-hybridized carbons (Fsp3) is 0.917. The second kappa shape index (κ2) is 5.64. The zero-order chi connectivity index (χ0) is 12.2. The Morgan fingerprint density at radius 3 is 2.94 bits per heavy atom. The maximum absolute atomic E-state index is 11.9. The number of hydrogen-bond acceptors (Lipinski definition) is 3. The Hall–Kier alpha value is -0.610. The summed E-state index contributed by atoms with van der Waals surface area (Å²) in [6.45, 7) is 4.33. The first kappa shape index (κ1) is 13.5. The van der Waals surface area contributed by atoms with Crippen molar-refractivity contribution in [3.63, 3.8) is 0 Å². The van der Waals surface area contributed by atoms with Crippen molar-refractivity contribution in [2.24, 2.45) is 11.7 Å². The number of hydrogen-bond donors (Lipinski definition) is 3. The summed E-state index contributed by atoms with van der Waals surface area (Å²) in [6.07, 6.45) is 3.86. The van der Waals surface area contributed by atoms with E-state index in [2.05, 4.69) is 12.2 Å². The van der Waals surface area contributed by atoms with Crippen LogP contribution >= 0.6 is 0 Å². The van der Waals surface area contributed by atoms with Crippen molar-refractivity contribution in [2.45, 2.75) is 57.6 Å². The molecule has 1 amide bonds. The Bertz CT molecular complexity index is 245. The molecule has 0 radical (unpaired) electrons. The van der Waals surface area contributed by atoms with Crippen LogP contribution in [0.3, 0.4) is 0 Å². The van der Waals surface area contributed by atoms with Gasteiger partial charge in [-0.1, -0.05) is 26.7 Å². The number of nitrogens with one attached hydrogen (secondary N) is 1. The smallest absolute Gasteiger partial charge is 0.240 e. The van der Waals surface area contributed by atoms with Gasteiger partial charge in [0.05, 0.1) is 11.6 Å². The molecule has 3 atom stereocenters. The molecule has 1 saturated carbocycles. The minimum atomic E-state index is -0.717. The molecule has 0 aromatic heterocycles. The largest absolute Gasteiger partial charge is 0.391 e. The van der Waals surface area contributed by atoms with E-state index >= 15 is 0 Å². The molecule has 1 fully saturated rings. The van der Waals surface area contributed by atoms with Crippen molar-refractivity contribution in [3.05, 3.63) is 0 Å². The first-order valence-electron chi connectivity index (χ1n) is 6.23. The summed E-state index contributed by atoms with van der Waals surface area (Å²) in [5.41, 5.74) is 5.41. The fourth-order valence-electron chi connectivity index (χ4n) is 2.33. The van der Waals surface area contributed by atoms with Crippen molar-refractivity contribution in [1.82, 2.24) is 5.32 Å². The van der Waals surface area contributed by atoms with E-state index < -0.39 is 11.6 Å². The molecule has 94 valence electrons. The van der Waals surface area contributed by atoms with Gasteiger partial charge in [-0.05, 0) is 25.2 Å². The SMILES string of the molecule is CCC(O)CNC(=O)C1(N)CCCC(C)C1. The van der Waals surface area contributed by atoms with E-state index in [0.29, 0.717) is 18.9 Å². The van der Waals surface area contributed by atoms with Crippen LogP contribution in [-0.4, -0.2) is 29.2 Å².